The highest BCUT2D eigenvalue weighted by Gasteiger charge is 2.38. The van der Waals surface area contributed by atoms with Crippen molar-refractivity contribution in [1.29, 1.82) is 0 Å². The highest BCUT2D eigenvalue weighted by Crippen LogP contribution is 2.46. The van der Waals surface area contributed by atoms with E-state index >= 15 is 0 Å². The van der Waals surface area contributed by atoms with E-state index in [1.54, 1.807) is 24.3 Å². The molecule has 0 aliphatic heterocycles. The Morgan fingerprint density at radius 3 is 1.05 bits per heavy atom. The van der Waals surface area contributed by atoms with Crippen LogP contribution in [0.1, 0.15) is 59.3 Å². The molecular weight excluding hydrogens is 915 g/mol. The van der Waals surface area contributed by atoms with Crippen molar-refractivity contribution in [3.05, 3.63) is 251 Å². The molecule has 73 heavy (non-hydrogen) atoms. The molecule has 2 aliphatic carbocycles. The van der Waals surface area contributed by atoms with Gasteiger partial charge in [0, 0.05) is 62.8 Å². The van der Waals surface area contributed by atoms with E-state index in [0.717, 1.165) is 79.2 Å². The van der Waals surface area contributed by atoms with E-state index in [2.05, 4.69) is 82.6 Å². The number of nitrogens with zero attached hydrogens (tertiary/aromatic N) is 6. The van der Waals surface area contributed by atoms with Crippen molar-refractivity contribution in [3.8, 4) is 0 Å². The predicted octanol–water partition coefficient (Wildman–Crippen LogP) is 12.8. The molecule has 372 valence electrons. The maximum atomic E-state index is 13.3. The molecular formula is C62H62F2N6O3. The third kappa shape index (κ3) is 12.2. The molecule has 0 saturated carbocycles. The Balaban J connectivity index is 0.000000192. The first kappa shape index (κ1) is 51.4. The summed E-state index contributed by atoms with van der Waals surface area (Å²) in [5, 5.41) is 22.5. The van der Waals surface area contributed by atoms with Crippen LogP contribution >= 0.6 is 0 Å². The maximum absolute atomic E-state index is 13.3. The number of amidine groups is 2. The summed E-state index contributed by atoms with van der Waals surface area (Å²) in [7, 11) is 3.96. The number of rotatable bonds is 12. The van der Waals surface area contributed by atoms with Gasteiger partial charge in [-0.05, 0) is 144 Å². The molecule has 8 aromatic carbocycles. The fraction of sp³-hybridized carbons (Fsp3) is 0.194. The van der Waals surface area contributed by atoms with Gasteiger partial charge in [0.2, 0.25) is 0 Å². The summed E-state index contributed by atoms with van der Waals surface area (Å²) in [6.45, 7) is 5.22. The number of anilines is 4. The molecule has 0 fully saturated rings. The lowest BCUT2D eigenvalue weighted by atomic mass is 10.0. The number of aliphatic imine (C=N–C) groups is 2. The molecule has 0 spiro atoms. The Morgan fingerprint density at radius 1 is 0.452 bits per heavy atom. The van der Waals surface area contributed by atoms with E-state index in [0.29, 0.717) is 25.9 Å². The van der Waals surface area contributed by atoms with Gasteiger partial charge in [0.1, 0.15) is 23.3 Å². The SMILES string of the molecule is C/C(=N\c1ccc2c(c1)C(N(c1ccccc1)c1ccccc1)C(O)C2)N(C)Cc1ccc(F)cc1.C/C(=N\c1ccc2c(c1)C(N(c1ccccc1)c1ccccc1)C(O)C2)N(C)Cc1ccc(F)cc1.O. The van der Waals surface area contributed by atoms with Gasteiger partial charge in [-0.25, -0.2) is 18.8 Å². The molecule has 2 aliphatic rings. The van der Waals surface area contributed by atoms with Crippen molar-refractivity contribution >= 4 is 45.8 Å². The summed E-state index contributed by atoms with van der Waals surface area (Å²) >= 11 is 0. The zero-order valence-corrected chi connectivity index (χ0v) is 41.6. The highest BCUT2D eigenvalue weighted by molar-refractivity contribution is 5.83. The standard InChI is InChI=1S/2C31H30FN3O.H2O/c2*1-22(34(2)21-23-13-16-25(32)17-14-23)33-26-18-15-24-19-30(36)31(29(24)20-26)35(27-9-5-3-6-10-27)28-11-7-4-8-12-28;/h2*3-18,20,30-31,36H,19,21H2,1-2H3;1H2/b2*33-22+;. The van der Waals surface area contributed by atoms with Gasteiger partial charge in [-0.15, -0.1) is 0 Å². The molecule has 4 unspecified atom stereocenters. The van der Waals surface area contributed by atoms with Gasteiger partial charge in [0.25, 0.3) is 0 Å². The lowest BCUT2D eigenvalue weighted by molar-refractivity contribution is 0.158. The molecule has 4 N–H and O–H groups in total. The smallest absolute Gasteiger partial charge is 0.123 e. The van der Waals surface area contributed by atoms with Crippen molar-refractivity contribution in [2.45, 2.75) is 64.1 Å². The second-order valence-corrected chi connectivity index (χ2v) is 18.6. The summed E-state index contributed by atoms with van der Waals surface area (Å²) in [6.07, 6.45) is 0.122. The van der Waals surface area contributed by atoms with Crippen LogP contribution < -0.4 is 9.80 Å². The summed E-state index contributed by atoms with van der Waals surface area (Å²) in [5.41, 5.74) is 12.3. The Morgan fingerprint density at radius 2 is 0.753 bits per heavy atom. The highest BCUT2D eigenvalue weighted by atomic mass is 19.1. The molecule has 0 amide bonds. The van der Waals surface area contributed by atoms with Crippen molar-refractivity contribution in [1.82, 2.24) is 9.80 Å². The topological polar surface area (TPSA) is 110 Å². The van der Waals surface area contributed by atoms with Crippen molar-refractivity contribution in [2.75, 3.05) is 23.9 Å². The Bertz CT molecular complexity index is 2820. The number of aliphatic hydroxyl groups excluding tert-OH is 2. The first-order valence-corrected chi connectivity index (χ1v) is 24.4. The Labute approximate surface area is 427 Å². The molecule has 11 heteroatoms. The van der Waals surface area contributed by atoms with E-state index in [1.807, 2.05) is 123 Å². The van der Waals surface area contributed by atoms with E-state index < -0.39 is 12.2 Å². The van der Waals surface area contributed by atoms with Crippen molar-refractivity contribution < 1.29 is 24.5 Å². The maximum Gasteiger partial charge on any atom is 0.123 e. The average molecular weight is 977 g/mol. The lowest BCUT2D eigenvalue weighted by Gasteiger charge is -2.34. The minimum absolute atomic E-state index is 0. The molecule has 0 aromatic heterocycles. The average Bonchev–Trinajstić information content (AvgIpc) is 3.90. The minimum Gasteiger partial charge on any atom is -0.412 e. The summed E-state index contributed by atoms with van der Waals surface area (Å²) in [4.78, 5) is 18.3. The van der Waals surface area contributed by atoms with Gasteiger partial charge in [0.05, 0.1) is 35.7 Å². The lowest BCUT2D eigenvalue weighted by Crippen LogP contribution is -2.30. The molecule has 4 atom stereocenters. The second-order valence-electron chi connectivity index (χ2n) is 18.6. The normalized spacial score (nSPS) is 16.8. The fourth-order valence-electron chi connectivity index (χ4n) is 9.73. The molecule has 0 heterocycles. The number of halogens is 2. The van der Waals surface area contributed by atoms with E-state index in [4.69, 9.17) is 9.98 Å². The van der Waals surface area contributed by atoms with Gasteiger partial charge < -0.3 is 35.3 Å². The van der Waals surface area contributed by atoms with Crippen LogP contribution in [0, 0.1) is 11.6 Å². The molecule has 0 radical (unpaired) electrons. The number of fused-ring (bicyclic) bond motifs is 2. The second kappa shape index (κ2) is 23.5. The Hall–Kier alpha value is -7.96. The number of hydrogen-bond acceptors (Lipinski definition) is 6. The van der Waals surface area contributed by atoms with Crippen molar-refractivity contribution in [3.63, 3.8) is 0 Å². The van der Waals surface area contributed by atoms with E-state index in [1.165, 1.54) is 24.3 Å². The van der Waals surface area contributed by atoms with Crippen LogP contribution in [0.2, 0.25) is 0 Å². The molecule has 9 nitrogen and oxygen atoms in total. The predicted molar refractivity (Wildman–Crippen MR) is 293 cm³/mol. The van der Waals surface area contributed by atoms with Gasteiger partial charge >= 0.3 is 0 Å². The van der Waals surface area contributed by atoms with Gasteiger partial charge in [-0.3, -0.25) is 0 Å². The summed E-state index contributed by atoms with van der Waals surface area (Å²) in [6, 6.07) is 65.8. The third-order valence-electron chi connectivity index (χ3n) is 13.5. The monoisotopic (exact) mass is 976 g/mol. The van der Waals surface area contributed by atoms with Gasteiger partial charge in [-0.1, -0.05) is 109 Å². The largest absolute Gasteiger partial charge is 0.412 e. The summed E-state index contributed by atoms with van der Waals surface area (Å²) < 4.78 is 26.5. The van der Waals surface area contributed by atoms with Crippen LogP contribution in [0.25, 0.3) is 0 Å². The van der Waals surface area contributed by atoms with E-state index in [-0.39, 0.29) is 29.2 Å². The third-order valence-corrected chi connectivity index (χ3v) is 13.5. The number of para-hydroxylation sites is 4. The zero-order valence-electron chi connectivity index (χ0n) is 41.6. The first-order chi connectivity index (χ1) is 35.0. The molecule has 0 saturated heterocycles. The summed E-state index contributed by atoms with van der Waals surface area (Å²) in [5.74, 6) is 1.25. The quantitative estimate of drug-likeness (QED) is 0.0932. The number of aliphatic hydroxyl groups is 2. The molecule has 0 bridgehead atoms. The fourth-order valence-corrected chi connectivity index (χ4v) is 9.73. The first-order valence-electron chi connectivity index (χ1n) is 24.4. The van der Waals surface area contributed by atoms with Crippen LogP contribution in [0.5, 0.6) is 0 Å². The number of benzene rings is 8. The van der Waals surface area contributed by atoms with Crippen LogP contribution in [0.4, 0.5) is 42.9 Å². The Kier molecular flexibility index (Phi) is 16.6. The molecule has 8 aromatic rings. The van der Waals surface area contributed by atoms with Crippen LogP contribution in [0.3, 0.4) is 0 Å². The zero-order chi connectivity index (χ0) is 50.1. The van der Waals surface area contributed by atoms with E-state index in [9.17, 15) is 19.0 Å². The van der Waals surface area contributed by atoms with Crippen LogP contribution in [-0.4, -0.2) is 63.5 Å². The van der Waals surface area contributed by atoms with Gasteiger partial charge in [0.15, 0.2) is 0 Å². The van der Waals surface area contributed by atoms with Crippen LogP contribution in [-0.2, 0) is 25.9 Å². The van der Waals surface area contributed by atoms with Crippen molar-refractivity contribution in [2.24, 2.45) is 9.98 Å². The van der Waals surface area contributed by atoms with Crippen LogP contribution in [0.15, 0.2) is 216 Å². The van der Waals surface area contributed by atoms with Gasteiger partial charge in [-0.2, -0.15) is 0 Å². The number of hydrogen-bond donors (Lipinski definition) is 2. The molecule has 10 rings (SSSR count). The minimum atomic E-state index is -0.540.